The quantitative estimate of drug-likeness (QED) is 0.894. The fourth-order valence-corrected chi connectivity index (χ4v) is 3.20. The Bertz CT molecular complexity index is 493. The zero-order valence-electron chi connectivity index (χ0n) is 11.5. The molecule has 110 valence electrons. The molecule has 1 aromatic carbocycles. The number of nitrogens with one attached hydrogen (secondary N) is 1. The van der Waals surface area contributed by atoms with Crippen molar-refractivity contribution >= 4 is 29.1 Å². The highest BCUT2D eigenvalue weighted by atomic mass is 35.5. The molecule has 0 bridgehead atoms. The second-order valence-electron chi connectivity index (χ2n) is 5.50. The summed E-state index contributed by atoms with van der Waals surface area (Å²) in [6.45, 7) is 1.91. The summed E-state index contributed by atoms with van der Waals surface area (Å²) in [5.41, 5.74) is 6.77. The summed E-state index contributed by atoms with van der Waals surface area (Å²) in [5.74, 6) is 0.0721. The van der Waals surface area contributed by atoms with Crippen LogP contribution in [0.4, 0.5) is 0 Å². The molecule has 1 aromatic rings. The first kappa shape index (κ1) is 15.6. The number of hydrogen-bond acceptors (Lipinski definition) is 2. The highest BCUT2D eigenvalue weighted by Crippen LogP contribution is 2.30. The topological polar surface area (TPSA) is 55.1 Å². The molecule has 0 aromatic heterocycles. The summed E-state index contributed by atoms with van der Waals surface area (Å²) in [4.78, 5) is 12.3. The highest BCUT2D eigenvalue weighted by Gasteiger charge is 2.26. The Morgan fingerprint density at radius 1 is 1.40 bits per heavy atom. The lowest BCUT2D eigenvalue weighted by Crippen LogP contribution is -2.38. The maximum atomic E-state index is 12.3. The van der Waals surface area contributed by atoms with Gasteiger partial charge in [-0.2, -0.15) is 0 Å². The summed E-state index contributed by atoms with van der Waals surface area (Å²) >= 11 is 12.2. The lowest BCUT2D eigenvalue weighted by Gasteiger charge is -2.27. The van der Waals surface area contributed by atoms with Crippen molar-refractivity contribution < 1.29 is 4.79 Å². The van der Waals surface area contributed by atoms with Gasteiger partial charge in [0.05, 0.1) is 16.1 Å². The standard InChI is InChI=1S/C15H20Cl2N2O/c1-9(12-6-3-7-13(16)14(12)17)19-15(20)10-4-2-5-11(18)8-10/h3,6-7,9-11H,2,4-5,8,18H2,1H3,(H,19,20). The second-order valence-corrected chi connectivity index (χ2v) is 6.28. The van der Waals surface area contributed by atoms with Crippen LogP contribution in [0, 0.1) is 5.92 Å². The third kappa shape index (κ3) is 3.66. The van der Waals surface area contributed by atoms with Gasteiger partial charge >= 0.3 is 0 Å². The Morgan fingerprint density at radius 2 is 2.15 bits per heavy atom. The molecule has 0 saturated heterocycles. The highest BCUT2D eigenvalue weighted by molar-refractivity contribution is 6.42. The number of hydrogen-bond donors (Lipinski definition) is 2. The fourth-order valence-electron chi connectivity index (χ4n) is 2.73. The van der Waals surface area contributed by atoms with E-state index in [1.54, 1.807) is 6.07 Å². The average Bonchev–Trinajstić information content (AvgIpc) is 2.41. The summed E-state index contributed by atoms with van der Waals surface area (Å²) in [5, 5.41) is 4.02. The van der Waals surface area contributed by atoms with Crippen molar-refractivity contribution in [2.45, 2.75) is 44.7 Å². The van der Waals surface area contributed by atoms with Crippen LogP contribution < -0.4 is 11.1 Å². The minimum absolute atomic E-state index is 0.0131. The zero-order valence-corrected chi connectivity index (χ0v) is 13.0. The van der Waals surface area contributed by atoms with E-state index in [0.29, 0.717) is 10.0 Å². The molecule has 20 heavy (non-hydrogen) atoms. The van der Waals surface area contributed by atoms with Crippen molar-refractivity contribution in [3.63, 3.8) is 0 Å². The van der Waals surface area contributed by atoms with Gasteiger partial charge in [0.25, 0.3) is 0 Å². The van der Waals surface area contributed by atoms with Gasteiger partial charge in [0.15, 0.2) is 0 Å². The van der Waals surface area contributed by atoms with Crippen molar-refractivity contribution in [2.24, 2.45) is 11.7 Å². The first-order chi connectivity index (χ1) is 9.49. The zero-order chi connectivity index (χ0) is 14.7. The average molecular weight is 315 g/mol. The minimum Gasteiger partial charge on any atom is -0.349 e. The van der Waals surface area contributed by atoms with Crippen LogP contribution in [0.3, 0.4) is 0 Å². The van der Waals surface area contributed by atoms with Gasteiger partial charge in [-0.15, -0.1) is 0 Å². The molecule has 2 rings (SSSR count). The van der Waals surface area contributed by atoms with E-state index in [4.69, 9.17) is 28.9 Å². The molecule has 1 aliphatic rings. The predicted octanol–water partition coefficient (Wildman–Crippen LogP) is 3.69. The van der Waals surface area contributed by atoms with Crippen molar-refractivity contribution in [2.75, 3.05) is 0 Å². The predicted molar refractivity (Wildman–Crippen MR) is 83.0 cm³/mol. The van der Waals surface area contributed by atoms with Gasteiger partial charge in [0, 0.05) is 12.0 Å². The van der Waals surface area contributed by atoms with Gasteiger partial charge in [-0.3, -0.25) is 4.79 Å². The maximum absolute atomic E-state index is 12.3. The summed E-state index contributed by atoms with van der Waals surface area (Å²) in [6, 6.07) is 5.44. The van der Waals surface area contributed by atoms with E-state index in [9.17, 15) is 4.79 Å². The van der Waals surface area contributed by atoms with Crippen LogP contribution in [0.5, 0.6) is 0 Å². The Kier molecular flexibility index (Phi) is 5.30. The molecule has 0 aliphatic heterocycles. The van der Waals surface area contributed by atoms with Crippen LogP contribution in [0.1, 0.15) is 44.2 Å². The molecule has 3 nitrogen and oxygen atoms in total. The minimum atomic E-state index is -0.160. The molecule has 3 unspecified atom stereocenters. The van der Waals surface area contributed by atoms with Crippen LogP contribution in [-0.2, 0) is 4.79 Å². The SMILES string of the molecule is CC(NC(=O)C1CCCC(N)C1)c1cccc(Cl)c1Cl. The van der Waals surface area contributed by atoms with E-state index in [1.807, 2.05) is 19.1 Å². The van der Waals surface area contributed by atoms with Gasteiger partial charge < -0.3 is 11.1 Å². The molecule has 0 radical (unpaired) electrons. The van der Waals surface area contributed by atoms with E-state index in [1.165, 1.54) is 0 Å². The number of carbonyl (C=O) groups is 1. The number of carbonyl (C=O) groups excluding carboxylic acids is 1. The summed E-state index contributed by atoms with van der Waals surface area (Å²) < 4.78 is 0. The molecule has 1 fully saturated rings. The molecular weight excluding hydrogens is 295 g/mol. The number of amides is 1. The lowest BCUT2D eigenvalue weighted by atomic mass is 9.85. The molecule has 1 amide bonds. The molecule has 1 saturated carbocycles. The molecule has 0 heterocycles. The maximum Gasteiger partial charge on any atom is 0.223 e. The van der Waals surface area contributed by atoms with E-state index in [2.05, 4.69) is 5.32 Å². The molecule has 0 spiro atoms. The Morgan fingerprint density at radius 3 is 2.85 bits per heavy atom. The van der Waals surface area contributed by atoms with Gasteiger partial charge in [0.2, 0.25) is 5.91 Å². The summed E-state index contributed by atoms with van der Waals surface area (Å²) in [6.07, 6.45) is 3.71. The van der Waals surface area contributed by atoms with E-state index in [-0.39, 0.29) is 23.9 Å². The Labute approximate surface area is 129 Å². The van der Waals surface area contributed by atoms with Crippen LogP contribution in [0.15, 0.2) is 18.2 Å². The monoisotopic (exact) mass is 314 g/mol. The van der Waals surface area contributed by atoms with E-state index in [0.717, 1.165) is 31.2 Å². The summed E-state index contributed by atoms with van der Waals surface area (Å²) in [7, 11) is 0. The molecule has 5 heteroatoms. The normalized spacial score (nSPS) is 24.2. The fraction of sp³-hybridized carbons (Fsp3) is 0.533. The van der Waals surface area contributed by atoms with E-state index < -0.39 is 0 Å². The Balaban J connectivity index is 2.02. The van der Waals surface area contributed by atoms with Gasteiger partial charge in [-0.25, -0.2) is 0 Å². The molecule has 1 aliphatic carbocycles. The molecular formula is C15H20Cl2N2O. The van der Waals surface area contributed by atoms with Crippen LogP contribution in [-0.4, -0.2) is 11.9 Å². The number of rotatable bonds is 3. The number of nitrogens with two attached hydrogens (primary N) is 1. The van der Waals surface area contributed by atoms with Crippen LogP contribution >= 0.6 is 23.2 Å². The second kappa shape index (κ2) is 6.79. The van der Waals surface area contributed by atoms with Crippen molar-refractivity contribution in [3.05, 3.63) is 33.8 Å². The van der Waals surface area contributed by atoms with Gasteiger partial charge in [0.1, 0.15) is 0 Å². The lowest BCUT2D eigenvalue weighted by molar-refractivity contribution is -0.126. The van der Waals surface area contributed by atoms with Crippen molar-refractivity contribution in [1.82, 2.24) is 5.32 Å². The van der Waals surface area contributed by atoms with Gasteiger partial charge in [-0.1, -0.05) is 41.8 Å². The smallest absolute Gasteiger partial charge is 0.223 e. The molecule has 3 N–H and O–H groups in total. The first-order valence-corrected chi connectivity index (χ1v) is 7.74. The van der Waals surface area contributed by atoms with E-state index >= 15 is 0 Å². The number of halogens is 2. The number of benzene rings is 1. The molecule has 3 atom stereocenters. The van der Waals surface area contributed by atoms with Crippen LogP contribution in [0.25, 0.3) is 0 Å². The van der Waals surface area contributed by atoms with Crippen molar-refractivity contribution in [3.8, 4) is 0 Å². The third-order valence-electron chi connectivity index (χ3n) is 3.89. The Hall–Kier alpha value is -0.770. The largest absolute Gasteiger partial charge is 0.349 e. The van der Waals surface area contributed by atoms with Crippen LogP contribution in [0.2, 0.25) is 10.0 Å². The first-order valence-electron chi connectivity index (χ1n) is 6.99. The van der Waals surface area contributed by atoms with Crippen molar-refractivity contribution in [1.29, 1.82) is 0 Å². The third-order valence-corrected chi connectivity index (χ3v) is 4.73. The van der Waals surface area contributed by atoms with Gasteiger partial charge in [-0.05, 0) is 37.8 Å².